The van der Waals surface area contributed by atoms with E-state index in [1.54, 1.807) is 0 Å². The summed E-state index contributed by atoms with van der Waals surface area (Å²) >= 11 is 17.2. The molecule has 0 spiro atoms. The molecule has 1 aromatic heterocycles. The maximum absolute atomic E-state index is 12.0. The zero-order valence-electron chi connectivity index (χ0n) is 10.2. The van der Waals surface area contributed by atoms with E-state index in [-0.39, 0.29) is 11.1 Å². The van der Waals surface area contributed by atoms with Gasteiger partial charge in [-0.2, -0.15) is 4.98 Å². The number of aromatic nitrogens is 2. The fourth-order valence-corrected chi connectivity index (χ4v) is 3.35. The topological polar surface area (TPSA) is 92.2 Å². The summed E-state index contributed by atoms with van der Waals surface area (Å²) in [6.07, 6.45) is 0.990. The first kappa shape index (κ1) is 16.1. The molecule has 0 bridgehead atoms. The van der Waals surface area contributed by atoms with E-state index in [1.165, 1.54) is 18.2 Å². The average molecular weight is 369 g/mol. The summed E-state index contributed by atoms with van der Waals surface area (Å²) in [6.45, 7) is 0. The Morgan fingerprint density at radius 1 is 1.14 bits per heavy atom. The van der Waals surface area contributed by atoms with Crippen molar-refractivity contribution in [2.24, 2.45) is 0 Å². The van der Waals surface area contributed by atoms with Gasteiger partial charge >= 0.3 is 0 Å². The van der Waals surface area contributed by atoms with Crippen LogP contribution in [0.15, 0.2) is 24.4 Å². The minimum atomic E-state index is -3.84. The van der Waals surface area contributed by atoms with Crippen LogP contribution < -0.4 is 4.72 Å². The first-order valence-electron chi connectivity index (χ1n) is 5.42. The molecule has 1 heterocycles. The van der Waals surface area contributed by atoms with Gasteiger partial charge in [-0.25, -0.2) is 13.4 Å². The van der Waals surface area contributed by atoms with Gasteiger partial charge < -0.3 is 5.11 Å². The summed E-state index contributed by atoms with van der Waals surface area (Å²) in [6, 6.07) is 4.43. The fraction of sp³-hybridized carbons (Fsp3) is 0.0909. The molecule has 0 unspecified atom stereocenters. The van der Waals surface area contributed by atoms with Crippen molar-refractivity contribution in [3.63, 3.8) is 0 Å². The summed E-state index contributed by atoms with van der Waals surface area (Å²) < 4.78 is 26.2. The molecule has 0 aliphatic heterocycles. The van der Waals surface area contributed by atoms with Gasteiger partial charge in [-0.3, -0.25) is 4.72 Å². The predicted octanol–water partition coefficient (Wildman–Crippen LogP) is 3.08. The van der Waals surface area contributed by atoms with Crippen molar-refractivity contribution in [1.29, 1.82) is 0 Å². The molecule has 1 aromatic carbocycles. The summed E-state index contributed by atoms with van der Waals surface area (Å²) in [5.74, 6) is -1.14. The smallest absolute Gasteiger partial charge is 0.238 e. The molecule has 2 rings (SSSR count). The largest absolute Gasteiger partial charge is 0.503 e. The third-order valence-corrected chi connectivity index (χ3v) is 4.11. The van der Waals surface area contributed by atoms with E-state index in [0.29, 0.717) is 15.6 Å². The van der Waals surface area contributed by atoms with Gasteiger partial charge in [0, 0.05) is 10.0 Å². The molecule has 2 N–H and O–H groups in total. The van der Waals surface area contributed by atoms with Gasteiger partial charge in [0.05, 0.1) is 11.9 Å². The van der Waals surface area contributed by atoms with E-state index >= 15 is 0 Å². The van der Waals surface area contributed by atoms with Crippen LogP contribution in [0.4, 0.5) is 5.82 Å². The predicted molar refractivity (Wildman–Crippen MR) is 81.4 cm³/mol. The normalized spacial score (nSPS) is 11.4. The molecule has 10 heteroatoms. The zero-order valence-corrected chi connectivity index (χ0v) is 13.3. The molecule has 0 amide bonds. The molecule has 0 saturated carbocycles. The zero-order chi connectivity index (χ0) is 15.6. The molecular formula is C11H8Cl3N3O3S. The second-order valence-corrected chi connectivity index (χ2v) is 6.94. The van der Waals surface area contributed by atoms with E-state index in [4.69, 9.17) is 34.8 Å². The number of aromatic hydroxyl groups is 1. The van der Waals surface area contributed by atoms with Crippen molar-refractivity contribution in [2.75, 3.05) is 4.72 Å². The van der Waals surface area contributed by atoms with Crippen LogP contribution in [0.2, 0.25) is 15.3 Å². The Morgan fingerprint density at radius 3 is 2.38 bits per heavy atom. The number of sulfonamides is 1. The molecular weight excluding hydrogens is 361 g/mol. The van der Waals surface area contributed by atoms with Gasteiger partial charge in [0.15, 0.2) is 11.6 Å². The maximum atomic E-state index is 12.0. The van der Waals surface area contributed by atoms with Crippen LogP contribution in [0.5, 0.6) is 5.75 Å². The number of nitrogens with zero attached hydrogens (tertiary/aromatic N) is 2. The molecule has 0 radical (unpaired) electrons. The van der Waals surface area contributed by atoms with E-state index < -0.39 is 21.5 Å². The van der Waals surface area contributed by atoms with Crippen LogP contribution in [0.1, 0.15) is 5.56 Å². The minimum absolute atomic E-state index is 0.198. The Balaban J connectivity index is 2.24. The Morgan fingerprint density at radius 2 is 1.76 bits per heavy atom. The highest BCUT2D eigenvalue weighted by atomic mass is 35.5. The highest BCUT2D eigenvalue weighted by molar-refractivity contribution is 7.91. The quantitative estimate of drug-likeness (QED) is 0.809. The number of benzene rings is 1. The lowest BCUT2D eigenvalue weighted by Crippen LogP contribution is -2.16. The van der Waals surface area contributed by atoms with Gasteiger partial charge in [-0.05, 0) is 35.4 Å². The summed E-state index contributed by atoms with van der Waals surface area (Å²) in [5, 5.41) is 9.94. The van der Waals surface area contributed by atoms with Crippen LogP contribution in [0.3, 0.4) is 0 Å². The Bertz CT molecular complexity index is 763. The molecule has 0 atom stereocenters. The first-order valence-corrected chi connectivity index (χ1v) is 8.21. The molecule has 6 nitrogen and oxygen atoms in total. The first-order chi connectivity index (χ1) is 9.75. The van der Waals surface area contributed by atoms with Crippen molar-refractivity contribution < 1.29 is 13.5 Å². The number of hydrogen-bond acceptors (Lipinski definition) is 5. The number of anilines is 1. The lowest BCUT2D eigenvalue weighted by atomic mass is 10.2. The van der Waals surface area contributed by atoms with E-state index in [0.717, 1.165) is 6.20 Å². The minimum Gasteiger partial charge on any atom is -0.503 e. The second-order valence-electron chi connectivity index (χ2n) is 4.01. The van der Waals surface area contributed by atoms with E-state index in [1.807, 2.05) is 0 Å². The lowest BCUT2D eigenvalue weighted by Gasteiger charge is -2.09. The average Bonchev–Trinajstić information content (AvgIpc) is 2.31. The standard InChI is InChI=1S/C11H8Cl3N3O3S/c12-7-1-6(2-8(13)3-7)5-21(19,20)17-10-9(18)4-15-11(14)16-10/h1-4,18H,5H2,(H,15,16,17). The number of halogens is 3. The van der Waals surface area contributed by atoms with Crippen LogP contribution in [0.25, 0.3) is 0 Å². The summed E-state index contributed by atoms with van der Waals surface area (Å²) in [7, 11) is -3.84. The number of hydrogen-bond donors (Lipinski definition) is 2. The highest BCUT2D eigenvalue weighted by Gasteiger charge is 2.16. The van der Waals surface area contributed by atoms with Crippen molar-refractivity contribution in [2.45, 2.75) is 5.75 Å². The Hall–Kier alpha value is -1.28. The number of nitrogens with one attached hydrogen (secondary N) is 1. The van der Waals surface area contributed by atoms with Crippen LogP contribution in [-0.2, 0) is 15.8 Å². The molecule has 0 saturated heterocycles. The molecule has 112 valence electrons. The summed E-state index contributed by atoms with van der Waals surface area (Å²) in [5.41, 5.74) is 0.389. The van der Waals surface area contributed by atoms with Crippen LogP contribution in [0, 0.1) is 0 Å². The SMILES string of the molecule is O=S(=O)(Cc1cc(Cl)cc(Cl)c1)Nc1nc(Cl)ncc1O. The second kappa shape index (κ2) is 6.23. The van der Waals surface area contributed by atoms with E-state index in [9.17, 15) is 13.5 Å². The third kappa shape index (κ3) is 4.60. The Kier molecular flexibility index (Phi) is 4.77. The highest BCUT2D eigenvalue weighted by Crippen LogP contribution is 2.24. The van der Waals surface area contributed by atoms with Crippen molar-refractivity contribution >= 4 is 50.6 Å². The molecule has 0 aliphatic carbocycles. The van der Waals surface area contributed by atoms with Crippen LogP contribution in [-0.4, -0.2) is 23.5 Å². The van der Waals surface area contributed by atoms with Crippen molar-refractivity contribution in [3.05, 3.63) is 45.3 Å². The molecule has 2 aromatic rings. The van der Waals surface area contributed by atoms with Gasteiger partial charge in [0.25, 0.3) is 0 Å². The summed E-state index contributed by atoms with van der Waals surface area (Å²) in [4.78, 5) is 7.11. The Labute approximate surface area is 135 Å². The van der Waals surface area contributed by atoms with Gasteiger partial charge in [-0.1, -0.05) is 23.2 Å². The van der Waals surface area contributed by atoms with Gasteiger partial charge in [0.1, 0.15) is 0 Å². The lowest BCUT2D eigenvalue weighted by molar-refractivity contribution is 0.472. The molecule has 0 fully saturated rings. The van der Waals surface area contributed by atoms with Crippen LogP contribution >= 0.6 is 34.8 Å². The number of rotatable bonds is 4. The van der Waals surface area contributed by atoms with E-state index in [2.05, 4.69) is 14.7 Å². The van der Waals surface area contributed by atoms with Crippen molar-refractivity contribution in [1.82, 2.24) is 9.97 Å². The maximum Gasteiger partial charge on any atom is 0.238 e. The van der Waals surface area contributed by atoms with Crippen molar-refractivity contribution in [3.8, 4) is 5.75 Å². The third-order valence-electron chi connectivity index (χ3n) is 2.27. The molecule has 21 heavy (non-hydrogen) atoms. The van der Waals surface area contributed by atoms with Gasteiger partial charge in [-0.15, -0.1) is 0 Å². The van der Waals surface area contributed by atoms with Gasteiger partial charge in [0.2, 0.25) is 15.3 Å². The monoisotopic (exact) mass is 367 g/mol. The molecule has 0 aliphatic rings. The fourth-order valence-electron chi connectivity index (χ4n) is 1.53.